The van der Waals surface area contributed by atoms with Crippen molar-refractivity contribution in [1.29, 1.82) is 0 Å². The number of rotatable bonds is 16. The first kappa shape index (κ1) is 36.3. The molecule has 3 amide bonds. The van der Waals surface area contributed by atoms with Crippen LogP contribution in [-0.4, -0.2) is 57.4 Å². The highest BCUT2D eigenvalue weighted by Crippen LogP contribution is 2.16. The van der Waals surface area contributed by atoms with Gasteiger partial charge >= 0.3 is 12.2 Å². The number of aliphatic hydroxyl groups is 1. The number of amides is 3. The van der Waals surface area contributed by atoms with E-state index in [4.69, 9.17) is 15.2 Å². The van der Waals surface area contributed by atoms with E-state index < -0.39 is 42.3 Å². The third kappa shape index (κ3) is 12.6. The number of carbonyl (C=O) groups is 3. The Balaban J connectivity index is 1.46. The minimum absolute atomic E-state index is 0.0167. The van der Waals surface area contributed by atoms with Gasteiger partial charge in [-0.05, 0) is 48.4 Å². The molecule has 4 atom stereocenters. The lowest BCUT2D eigenvalue weighted by atomic mass is 9.93. The van der Waals surface area contributed by atoms with Gasteiger partial charge in [0.1, 0.15) is 19.3 Å². The van der Waals surface area contributed by atoms with Crippen molar-refractivity contribution in [2.45, 2.75) is 70.6 Å². The van der Waals surface area contributed by atoms with Gasteiger partial charge in [-0.2, -0.15) is 0 Å². The molecule has 0 radical (unpaired) electrons. The quantitative estimate of drug-likeness (QED) is 0.116. The molecule has 49 heavy (non-hydrogen) atoms. The Bertz CT molecular complexity index is 1610. The maximum Gasteiger partial charge on any atom is 0.408 e. The third-order valence-corrected chi connectivity index (χ3v) is 7.76. The monoisotopic (exact) mass is 668 g/mol. The van der Waals surface area contributed by atoms with Crippen molar-refractivity contribution in [2.24, 2.45) is 5.92 Å². The summed E-state index contributed by atoms with van der Waals surface area (Å²) in [5, 5.41) is 20.2. The molecule has 0 aliphatic heterocycles. The molecular weight excluding hydrogens is 624 g/mol. The number of carbonyl (C=O) groups excluding carboxylic acids is 3. The Morgan fingerprint density at radius 3 is 1.94 bits per heavy atom. The molecule has 0 fully saturated rings. The molecule has 2 aromatic carbocycles. The Kier molecular flexibility index (Phi) is 13.9. The van der Waals surface area contributed by atoms with Crippen LogP contribution in [0, 0.1) is 5.92 Å². The van der Waals surface area contributed by atoms with Crippen LogP contribution < -0.4 is 21.7 Å². The molecule has 0 bridgehead atoms. The predicted octanol–water partition coefficient (Wildman–Crippen LogP) is 4.33. The molecule has 12 heteroatoms. The minimum atomic E-state index is -1.08. The van der Waals surface area contributed by atoms with Gasteiger partial charge in [0, 0.05) is 42.0 Å². The smallest absolute Gasteiger partial charge is 0.408 e. The zero-order valence-electron chi connectivity index (χ0n) is 27.7. The number of hydrogen-bond donors (Lipinski definition) is 5. The zero-order valence-corrected chi connectivity index (χ0v) is 27.7. The summed E-state index contributed by atoms with van der Waals surface area (Å²) >= 11 is 0. The highest BCUT2D eigenvalue weighted by Gasteiger charge is 2.30. The number of hydrogen-bond acceptors (Lipinski definition) is 9. The average Bonchev–Trinajstić information content (AvgIpc) is 3.09. The fourth-order valence-electron chi connectivity index (χ4n) is 5.25. The molecule has 12 nitrogen and oxygen atoms in total. The van der Waals surface area contributed by atoms with Gasteiger partial charge in [0.25, 0.3) is 0 Å². The van der Waals surface area contributed by atoms with Crippen LogP contribution in [0.1, 0.15) is 42.5 Å². The van der Waals surface area contributed by atoms with E-state index in [9.17, 15) is 19.5 Å². The summed E-state index contributed by atoms with van der Waals surface area (Å²) in [5.74, 6) is -0.722. The van der Waals surface area contributed by atoms with Gasteiger partial charge in [-0.25, -0.2) is 9.59 Å². The van der Waals surface area contributed by atoms with Crippen molar-refractivity contribution in [3.63, 3.8) is 0 Å². The number of aliphatic hydroxyl groups excluding tert-OH is 1. The van der Waals surface area contributed by atoms with E-state index in [0.717, 1.165) is 16.7 Å². The van der Waals surface area contributed by atoms with Gasteiger partial charge in [0.05, 0.1) is 17.8 Å². The second-order valence-corrected chi connectivity index (χ2v) is 12.1. The van der Waals surface area contributed by atoms with Crippen molar-refractivity contribution in [3.05, 3.63) is 126 Å². The minimum Gasteiger partial charge on any atom is -0.445 e. The first-order chi connectivity index (χ1) is 23.7. The number of ether oxygens (including phenoxy) is 2. The van der Waals surface area contributed by atoms with Crippen molar-refractivity contribution in [1.82, 2.24) is 25.9 Å². The lowest BCUT2D eigenvalue weighted by molar-refractivity contribution is -0.125. The number of nitrogens with two attached hydrogens (primary N) is 1. The van der Waals surface area contributed by atoms with E-state index in [1.807, 2.05) is 74.5 Å². The normalized spacial score (nSPS) is 13.4. The van der Waals surface area contributed by atoms with Crippen molar-refractivity contribution < 1.29 is 29.0 Å². The van der Waals surface area contributed by atoms with Gasteiger partial charge in [0.2, 0.25) is 5.91 Å². The summed E-state index contributed by atoms with van der Waals surface area (Å²) in [6.07, 6.45) is 4.53. The van der Waals surface area contributed by atoms with Crippen LogP contribution in [0.4, 0.5) is 15.3 Å². The highest BCUT2D eigenvalue weighted by atomic mass is 16.6. The lowest BCUT2D eigenvalue weighted by Crippen LogP contribution is -2.54. The van der Waals surface area contributed by atoms with E-state index in [0.29, 0.717) is 24.1 Å². The van der Waals surface area contributed by atoms with Crippen LogP contribution in [0.3, 0.4) is 0 Å². The molecule has 6 N–H and O–H groups in total. The van der Waals surface area contributed by atoms with Crippen LogP contribution in [0.5, 0.6) is 0 Å². The molecular formula is C37H44N6O6. The Labute approximate surface area is 286 Å². The highest BCUT2D eigenvalue weighted by molar-refractivity contribution is 5.86. The molecule has 258 valence electrons. The molecule has 0 aliphatic rings. The van der Waals surface area contributed by atoms with E-state index >= 15 is 0 Å². The summed E-state index contributed by atoms with van der Waals surface area (Å²) in [5.41, 5.74) is 9.37. The Morgan fingerprint density at radius 1 is 0.735 bits per heavy atom. The maximum atomic E-state index is 13.7. The standard InChI is InChI=1S/C37H44N6O6/c1-25(2)34(43-37(47)49-24-29-16-30(38)22-40-21-29)35(45)41-31(17-26-10-5-3-6-11-26)19-33(44)32(18-27-12-7-4-8-13-27)42-36(46)48-23-28-14-9-15-39-20-28/h3-16,20-22,25,31-34,44H,17-19,23-24,38H2,1-2H3,(H,41,45)(H,42,46)(H,43,47)/t31-,32-,33-,34-/m0/s1. The zero-order chi connectivity index (χ0) is 35.0. The number of nitrogens with one attached hydrogen (secondary N) is 3. The van der Waals surface area contributed by atoms with Crippen LogP contribution in [0.15, 0.2) is 104 Å². The maximum absolute atomic E-state index is 13.7. The second-order valence-electron chi connectivity index (χ2n) is 12.1. The van der Waals surface area contributed by atoms with Gasteiger partial charge in [-0.3, -0.25) is 14.8 Å². The number of alkyl carbamates (subject to hydrolysis) is 2. The van der Waals surface area contributed by atoms with Crippen molar-refractivity contribution >= 4 is 23.8 Å². The van der Waals surface area contributed by atoms with Gasteiger partial charge in [-0.15, -0.1) is 0 Å². The molecule has 2 heterocycles. The number of aromatic nitrogens is 2. The Morgan fingerprint density at radius 2 is 1.33 bits per heavy atom. The number of benzene rings is 2. The number of pyridine rings is 2. The molecule has 0 unspecified atom stereocenters. The third-order valence-electron chi connectivity index (χ3n) is 7.76. The van der Waals surface area contributed by atoms with Crippen molar-refractivity contribution in [2.75, 3.05) is 5.73 Å². The molecule has 0 aliphatic carbocycles. The number of anilines is 1. The van der Waals surface area contributed by atoms with Crippen LogP contribution in [0.2, 0.25) is 0 Å². The fraction of sp³-hybridized carbons (Fsp3) is 0.324. The summed E-state index contributed by atoms with van der Waals surface area (Å²) < 4.78 is 10.8. The van der Waals surface area contributed by atoms with Gasteiger partial charge in [-0.1, -0.05) is 80.6 Å². The average molecular weight is 669 g/mol. The topological polar surface area (TPSA) is 178 Å². The molecule has 2 aromatic heterocycles. The van der Waals surface area contributed by atoms with Crippen LogP contribution in [-0.2, 0) is 40.3 Å². The van der Waals surface area contributed by atoms with E-state index in [1.165, 1.54) is 12.4 Å². The Hall–Kier alpha value is -5.49. The van der Waals surface area contributed by atoms with Crippen LogP contribution in [0.25, 0.3) is 0 Å². The summed E-state index contributed by atoms with van der Waals surface area (Å²) in [6.45, 7) is 3.57. The van der Waals surface area contributed by atoms with Crippen LogP contribution >= 0.6 is 0 Å². The lowest BCUT2D eigenvalue weighted by Gasteiger charge is -2.30. The number of nitrogen functional groups attached to an aromatic ring is 1. The largest absolute Gasteiger partial charge is 0.445 e. The molecule has 0 spiro atoms. The van der Waals surface area contributed by atoms with Gasteiger partial charge in [0.15, 0.2) is 0 Å². The molecule has 4 aromatic rings. The summed E-state index contributed by atoms with van der Waals surface area (Å²) in [4.78, 5) is 47.4. The predicted molar refractivity (Wildman–Crippen MR) is 185 cm³/mol. The van der Waals surface area contributed by atoms with E-state index in [-0.39, 0.29) is 25.6 Å². The summed E-state index contributed by atoms with van der Waals surface area (Å²) in [7, 11) is 0. The molecule has 4 rings (SSSR count). The van der Waals surface area contributed by atoms with E-state index in [1.54, 1.807) is 30.6 Å². The second kappa shape index (κ2) is 18.7. The van der Waals surface area contributed by atoms with Crippen molar-refractivity contribution in [3.8, 4) is 0 Å². The SMILES string of the molecule is CC(C)[C@H](NC(=O)OCc1cncc(N)c1)C(=O)N[C@@H](Cc1ccccc1)C[C@H](O)[C@H](Cc1ccccc1)NC(=O)OCc1cccnc1. The first-order valence-electron chi connectivity index (χ1n) is 16.2. The first-order valence-corrected chi connectivity index (χ1v) is 16.2. The molecule has 0 saturated carbocycles. The van der Waals surface area contributed by atoms with E-state index in [2.05, 4.69) is 25.9 Å². The number of nitrogens with zero attached hydrogens (tertiary/aromatic N) is 2. The molecule has 0 saturated heterocycles. The fourth-order valence-corrected chi connectivity index (χ4v) is 5.25. The van der Waals surface area contributed by atoms with Gasteiger partial charge < -0.3 is 36.3 Å². The summed E-state index contributed by atoms with van der Waals surface area (Å²) in [6, 6.07) is 22.0.